The zero-order valence-corrected chi connectivity index (χ0v) is 19.0. The Bertz CT molecular complexity index is 897. The van der Waals surface area contributed by atoms with E-state index in [1.54, 1.807) is 31.2 Å². The number of nitrogens with zero attached hydrogens (tertiary/aromatic N) is 2. The van der Waals surface area contributed by atoms with Crippen LogP contribution in [0.4, 0.5) is 5.69 Å². The zero-order valence-electron chi connectivity index (χ0n) is 18.2. The highest BCUT2D eigenvalue weighted by atomic mass is 35.5. The summed E-state index contributed by atoms with van der Waals surface area (Å²) >= 11 is 6.04. The second-order valence-electron chi connectivity index (χ2n) is 7.99. The van der Waals surface area contributed by atoms with Crippen LogP contribution in [-0.2, 0) is 4.79 Å². The van der Waals surface area contributed by atoms with Crippen molar-refractivity contribution in [1.82, 2.24) is 15.5 Å². The molecule has 0 bridgehead atoms. The van der Waals surface area contributed by atoms with Gasteiger partial charge in [0.05, 0.1) is 10.6 Å². The first-order valence-corrected chi connectivity index (χ1v) is 11.2. The van der Waals surface area contributed by atoms with Crippen molar-refractivity contribution in [3.05, 3.63) is 64.7 Å². The second-order valence-corrected chi connectivity index (χ2v) is 8.39. The molecule has 0 aromatic heterocycles. The third-order valence-electron chi connectivity index (χ3n) is 5.55. The third-order valence-corrected chi connectivity index (χ3v) is 5.88. The molecule has 31 heavy (non-hydrogen) atoms. The Morgan fingerprint density at radius 2 is 1.81 bits per heavy atom. The fraction of sp³-hybridized carbons (Fsp3) is 0.417. The van der Waals surface area contributed by atoms with Crippen LogP contribution in [0.15, 0.2) is 48.5 Å². The van der Waals surface area contributed by atoms with Gasteiger partial charge in [-0.05, 0) is 56.6 Å². The molecule has 1 heterocycles. The van der Waals surface area contributed by atoms with Crippen molar-refractivity contribution in [1.29, 1.82) is 0 Å². The molecule has 0 radical (unpaired) electrons. The van der Waals surface area contributed by atoms with Crippen LogP contribution in [0.5, 0.6) is 0 Å². The van der Waals surface area contributed by atoms with E-state index < -0.39 is 6.04 Å². The van der Waals surface area contributed by atoms with Gasteiger partial charge in [0.15, 0.2) is 0 Å². The highest BCUT2D eigenvalue weighted by molar-refractivity contribution is 6.33. The number of hydrogen-bond acceptors (Lipinski definition) is 4. The molecule has 1 aliphatic rings. The average Bonchev–Trinajstić information content (AvgIpc) is 2.77. The van der Waals surface area contributed by atoms with E-state index in [1.807, 2.05) is 0 Å². The lowest BCUT2D eigenvalue weighted by atomic mass is 10.2. The van der Waals surface area contributed by atoms with Gasteiger partial charge in [-0.25, -0.2) is 0 Å². The van der Waals surface area contributed by atoms with Gasteiger partial charge in [0.2, 0.25) is 5.91 Å². The molecule has 6 nitrogen and oxygen atoms in total. The highest BCUT2D eigenvalue weighted by Crippen LogP contribution is 2.18. The molecule has 7 heteroatoms. The summed E-state index contributed by atoms with van der Waals surface area (Å²) in [5.41, 5.74) is 2.95. The van der Waals surface area contributed by atoms with Crippen LogP contribution in [0.1, 0.15) is 29.3 Å². The number of aryl methyl sites for hydroxylation is 1. The quantitative estimate of drug-likeness (QED) is 0.616. The Morgan fingerprint density at radius 1 is 1.06 bits per heavy atom. The lowest BCUT2D eigenvalue weighted by Crippen LogP contribution is -2.48. The van der Waals surface area contributed by atoms with Gasteiger partial charge in [-0.3, -0.25) is 14.5 Å². The van der Waals surface area contributed by atoms with E-state index in [0.717, 1.165) is 39.1 Å². The molecule has 1 unspecified atom stereocenters. The summed E-state index contributed by atoms with van der Waals surface area (Å²) in [4.78, 5) is 29.4. The van der Waals surface area contributed by atoms with E-state index in [4.69, 9.17) is 11.6 Å². The smallest absolute Gasteiger partial charge is 0.253 e. The molecule has 1 saturated heterocycles. The maximum absolute atomic E-state index is 12.3. The summed E-state index contributed by atoms with van der Waals surface area (Å²) in [5, 5.41) is 5.98. The number of carbonyl (C=O) groups excluding carboxylic acids is 2. The molecule has 2 N–H and O–H groups in total. The molecule has 2 aromatic rings. The number of anilines is 1. The van der Waals surface area contributed by atoms with E-state index in [9.17, 15) is 9.59 Å². The number of nitrogens with one attached hydrogen (secondary N) is 2. The standard InChI is InChI=1S/C24H31ClN4O2/c1-18-7-5-8-20(17-18)29-15-13-28(14-16-29)12-6-11-26-23(30)19(2)27-24(31)21-9-3-4-10-22(21)25/h3-5,7-10,17,19H,6,11-16H2,1-2H3,(H,26,30)(H,27,31). The number of halogens is 1. The normalized spacial score (nSPS) is 15.4. The molecular weight excluding hydrogens is 412 g/mol. The second kappa shape index (κ2) is 11.2. The number of benzene rings is 2. The molecule has 3 rings (SSSR count). The minimum atomic E-state index is -0.623. The van der Waals surface area contributed by atoms with Crippen molar-refractivity contribution in [2.45, 2.75) is 26.3 Å². The molecule has 2 amide bonds. The Kier molecular flexibility index (Phi) is 8.32. The van der Waals surface area contributed by atoms with Crippen LogP contribution < -0.4 is 15.5 Å². The van der Waals surface area contributed by atoms with Gasteiger partial charge < -0.3 is 15.5 Å². The van der Waals surface area contributed by atoms with E-state index in [1.165, 1.54) is 11.3 Å². The van der Waals surface area contributed by atoms with Crippen molar-refractivity contribution in [2.75, 3.05) is 44.2 Å². The van der Waals surface area contributed by atoms with E-state index >= 15 is 0 Å². The van der Waals surface area contributed by atoms with E-state index in [0.29, 0.717) is 17.1 Å². The SMILES string of the molecule is Cc1cccc(N2CCN(CCCNC(=O)C(C)NC(=O)c3ccccc3Cl)CC2)c1. The van der Waals surface area contributed by atoms with Crippen molar-refractivity contribution in [3.8, 4) is 0 Å². The lowest BCUT2D eigenvalue weighted by molar-refractivity contribution is -0.122. The van der Waals surface area contributed by atoms with Gasteiger partial charge in [0, 0.05) is 38.4 Å². The summed E-state index contributed by atoms with van der Waals surface area (Å²) in [7, 11) is 0. The topological polar surface area (TPSA) is 64.7 Å². The van der Waals surface area contributed by atoms with Crippen LogP contribution in [-0.4, -0.2) is 62.0 Å². The van der Waals surface area contributed by atoms with Gasteiger partial charge in [-0.2, -0.15) is 0 Å². The van der Waals surface area contributed by atoms with Crippen LogP contribution in [0.25, 0.3) is 0 Å². The Labute approximate surface area is 189 Å². The largest absolute Gasteiger partial charge is 0.369 e. The average molecular weight is 443 g/mol. The molecule has 2 aromatic carbocycles. The maximum atomic E-state index is 12.3. The molecule has 166 valence electrons. The highest BCUT2D eigenvalue weighted by Gasteiger charge is 2.19. The van der Waals surface area contributed by atoms with Gasteiger partial charge in [0.1, 0.15) is 6.04 Å². The van der Waals surface area contributed by atoms with Crippen LogP contribution in [0.2, 0.25) is 5.02 Å². The van der Waals surface area contributed by atoms with Crippen molar-refractivity contribution in [2.24, 2.45) is 0 Å². The number of rotatable bonds is 8. The molecule has 0 spiro atoms. The van der Waals surface area contributed by atoms with Gasteiger partial charge in [0.25, 0.3) is 5.91 Å². The summed E-state index contributed by atoms with van der Waals surface area (Å²) in [5.74, 6) is -0.538. The van der Waals surface area contributed by atoms with Crippen LogP contribution >= 0.6 is 11.6 Å². The molecule has 1 fully saturated rings. The molecule has 1 atom stereocenters. The summed E-state index contributed by atoms with van der Waals surface area (Å²) in [6, 6.07) is 14.8. The molecule has 0 aliphatic carbocycles. The minimum absolute atomic E-state index is 0.190. The van der Waals surface area contributed by atoms with E-state index in [2.05, 4.69) is 51.6 Å². The molecule has 0 saturated carbocycles. The Balaban J connectivity index is 1.33. The Hall–Kier alpha value is -2.57. The fourth-order valence-corrected chi connectivity index (χ4v) is 3.93. The van der Waals surface area contributed by atoms with Gasteiger partial charge in [-0.15, -0.1) is 0 Å². The fourth-order valence-electron chi connectivity index (χ4n) is 3.71. The number of amides is 2. The van der Waals surface area contributed by atoms with Crippen molar-refractivity contribution >= 4 is 29.1 Å². The zero-order chi connectivity index (χ0) is 22.2. The maximum Gasteiger partial charge on any atom is 0.253 e. The first-order valence-electron chi connectivity index (χ1n) is 10.8. The molecule has 1 aliphatic heterocycles. The lowest BCUT2D eigenvalue weighted by Gasteiger charge is -2.36. The first-order chi connectivity index (χ1) is 14.9. The van der Waals surface area contributed by atoms with Crippen molar-refractivity contribution in [3.63, 3.8) is 0 Å². The van der Waals surface area contributed by atoms with Crippen LogP contribution in [0.3, 0.4) is 0 Å². The van der Waals surface area contributed by atoms with Gasteiger partial charge >= 0.3 is 0 Å². The Morgan fingerprint density at radius 3 is 2.52 bits per heavy atom. The number of carbonyl (C=O) groups is 2. The van der Waals surface area contributed by atoms with E-state index in [-0.39, 0.29) is 11.8 Å². The monoisotopic (exact) mass is 442 g/mol. The summed E-state index contributed by atoms with van der Waals surface area (Å²) in [6.07, 6.45) is 0.876. The third kappa shape index (κ3) is 6.71. The minimum Gasteiger partial charge on any atom is -0.369 e. The number of hydrogen-bond donors (Lipinski definition) is 2. The van der Waals surface area contributed by atoms with Crippen molar-refractivity contribution < 1.29 is 9.59 Å². The molecular formula is C24H31ClN4O2. The summed E-state index contributed by atoms with van der Waals surface area (Å²) in [6.45, 7) is 9.40. The van der Waals surface area contributed by atoms with Crippen LogP contribution in [0, 0.1) is 6.92 Å². The summed E-state index contributed by atoms with van der Waals surface area (Å²) < 4.78 is 0. The predicted octanol–water partition coefficient (Wildman–Crippen LogP) is 3.10. The predicted molar refractivity (Wildman–Crippen MR) is 126 cm³/mol. The first kappa shape index (κ1) is 23.1. The number of piperazine rings is 1. The van der Waals surface area contributed by atoms with Gasteiger partial charge in [-0.1, -0.05) is 35.9 Å².